The lowest BCUT2D eigenvalue weighted by atomic mass is 9.95. The normalized spacial score (nSPS) is 21.1. The van der Waals surface area contributed by atoms with E-state index in [1.807, 2.05) is 20.8 Å². The number of nitrogens with two attached hydrogens (primary N) is 1. The van der Waals surface area contributed by atoms with Crippen LogP contribution in [0.15, 0.2) is 0 Å². The van der Waals surface area contributed by atoms with Gasteiger partial charge >= 0.3 is 0 Å². The number of hydrogen-bond acceptors (Lipinski definition) is 3. The second-order valence-electron chi connectivity index (χ2n) is 6.30. The molecule has 1 amide bonds. The molecule has 0 aliphatic heterocycles. The van der Waals surface area contributed by atoms with Crippen molar-refractivity contribution in [1.82, 2.24) is 10.2 Å². The second kappa shape index (κ2) is 6.02. The number of rotatable bonds is 8. The average molecular weight is 255 g/mol. The Hall–Kier alpha value is -0.610. The van der Waals surface area contributed by atoms with Gasteiger partial charge in [0.25, 0.3) is 0 Å². The van der Waals surface area contributed by atoms with Gasteiger partial charge in [-0.05, 0) is 59.9 Å². The summed E-state index contributed by atoms with van der Waals surface area (Å²) in [6.07, 6.45) is 3.46. The maximum absolute atomic E-state index is 11.6. The molecule has 1 rings (SSSR count). The van der Waals surface area contributed by atoms with E-state index in [0.29, 0.717) is 6.04 Å². The fraction of sp³-hybridized carbons (Fsp3) is 0.929. The minimum absolute atomic E-state index is 0.258. The fourth-order valence-corrected chi connectivity index (χ4v) is 2.45. The van der Waals surface area contributed by atoms with E-state index >= 15 is 0 Å². The third-order valence-corrected chi connectivity index (χ3v) is 4.12. The third-order valence-electron chi connectivity index (χ3n) is 4.12. The molecule has 0 aromatic carbocycles. The van der Waals surface area contributed by atoms with Crippen LogP contribution in [0.3, 0.4) is 0 Å². The van der Waals surface area contributed by atoms with Crippen molar-refractivity contribution in [2.75, 3.05) is 13.6 Å². The summed E-state index contributed by atoms with van der Waals surface area (Å²) < 4.78 is 0. The molecule has 4 nitrogen and oxygen atoms in total. The molecule has 1 aliphatic carbocycles. The van der Waals surface area contributed by atoms with Crippen molar-refractivity contribution in [2.45, 2.75) is 64.6 Å². The lowest BCUT2D eigenvalue weighted by Gasteiger charge is -2.33. The topological polar surface area (TPSA) is 58.4 Å². The molecule has 1 saturated carbocycles. The molecular weight excluding hydrogens is 226 g/mol. The van der Waals surface area contributed by atoms with E-state index < -0.39 is 5.54 Å². The van der Waals surface area contributed by atoms with Crippen LogP contribution in [0.4, 0.5) is 0 Å². The molecule has 0 saturated heterocycles. The maximum atomic E-state index is 11.6. The standard InChI is InChI=1S/C14H29N3O/c1-10(2)16-14(4,13(15)18)8-9-17(5)11(3)12-6-7-12/h10-12,16H,6-9H2,1-5H3,(H2,15,18). The van der Waals surface area contributed by atoms with Gasteiger partial charge in [0.2, 0.25) is 5.91 Å². The van der Waals surface area contributed by atoms with Crippen LogP contribution < -0.4 is 11.1 Å². The van der Waals surface area contributed by atoms with Crippen LogP contribution >= 0.6 is 0 Å². The zero-order valence-corrected chi connectivity index (χ0v) is 12.5. The molecule has 0 spiro atoms. The number of primary amides is 1. The molecule has 2 unspecified atom stereocenters. The van der Waals surface area contributed by atoms with Crippen molar-refractivity contribution >= 4 is 5.91 Å². The van der Waals surface area contributed by atoms with Crippen LogP contribution in [0, 0.1) is 5.92 Å². The summed E-state index contributed by atoms with van der Waals surface area (Å²) >= 11 is 0. The Labute approximate surface area is 111 Å². The van der Waals surface area contributed by atoms with E-state index in [2.05, 4.69) is 24.2 Å². The van der Waals surface area contributed by atoms with Crippen molar-refractivity contribution in [3.63, 3.8) is 0 Å². The van der Waals surface area contributed by atoms with Crippen LogP contribution in [0.1, 0.15) is 47.0 Å². The lowest BCUT2D eigenvalue weighted by molar-refractivity contribution is -0.124. The number of carbonyl (C=O) groups is 1. The maximum Gasteiger partial charge on any atom is 0.237 e. The summed E-state index contributed by atoms with van der Waals surface area (Å²) in [6.45, 7) is 9.16. The van der Waals surface area contributed by atoms with Gasteiger partial charge in [0.05, 0.1) is 5.54 Å². The predicted octanol–water partition coefficient (Wildman–Crippen LogP) is 1.35. The molecular formula is C14H29N3O. The number of amides is 1. The summed E-state index contributed by atoms with van der Waals surface area (Å²) in [5.74, 6) is 0.594. The minimum Gasteiger partial charge on any atom is -0.368 e. The Morgan fingerprint density at radius 2 is 2.00 bits per heavy atom. The highest BCUT2D eigenvalue weighted by atomic mass is 16.1. The highest BCUT2D eigenvalue weighted by molar-refractivity contribution is 5.84. The molecule has 18 heavy (non-hydrogen) atoms. The van der Waals surface area contributed by atoms with E-state index in [-0.39, 0.29) is 11.9 Å². The molecule has 0 radical (unpaired) electrons. The van der Waals surface area contributed by atoms with E-state index in [4.69, 9.17) is 5.73 Å². The molecule has 0 aromatic rings. The van der Waals surface area contributed by atoms with Crippen molar-refractivity contribution in [2.24, 2.45) is 11.7 Å². The molecule has 4 heteroatoms. The summed E-state index contributed by atoms with van der Waals surface area (Å²) in [4.78, 5) is 14.0. The van der Waals surface area contributed by atoms with Gasteiger partial charge in [-0.3, -0.25) is 4.79 Å². The Morgan fingerprint density at radius 3 is 2.39 bits per heavy atom. The lowest BCUT2D eigenvalue weighted by Crippen LogP contribution is -2.57. The van der Waals surface area contributed by atoms with Crippen molar-refractivity contribution in [3.8, 4) is 0 Å². The Kier molecular flexibility index (Phi) is 5.17. The largest absolute Gasteiger partial charge is 0.368 e. The molecule has 1 fully saturated rings. The first-order valence-corrected chi connectivity index (χ1v) is 7.04. The monoisotopic (exact) mass is 255 g/mol. The van der Waals surface area contributed by atoms with Gasteiger partial charge in [-0.15, -0.1) is 0 Å². The fourth-order valence-electron chi connectivity index (χ4n) is 2.45. The van der Waals surface area contributed by atoms with Gasteiger partial charge in [-0.25, -0.2) is 0 Å². The van der Waals surface area contributed by atoms with Crippen LogP contribution in [0.5, 0.6) is 0 Å². The average Bonchev–Trinajstić information content (AvgIpc) is 3.07. The van der Waals surface area contributed by atoms with Gasteiger partial charge in [0.1, 0.15) is 0 Å². The van der Waals surface area contributed by atoms with Crippen LogP contribution in [-0.2, 0) is 4.79 Å². The molecule has 0 heterocycles. The highest BCUT2D eigenvalue weighted by Gasteiger charge is 2.34. The molecule has 2 atom stereocenters. The van der Waals surface area contributed by atoms with Crippen molar-refractivity contribution in [1.29, 1.82) is 0 Å². The molecule has 0 aromatic heterocycles. The molecule has 0 bridgehead atoms. The number of nitrogens with one attached hydrogen (secondary N) is 1. The first-order valence-electron chi connectivity index (χ1n) is 7.04. The van der Waals surface area contributed by atoms with Crippen LogP contribution in [0.25, 0.3) is 0 Å². The quantitative estimate of drug-likeness (QED) is 0.688. The minimum atomic E-state index is -0.605. The number of carbonyl (C=O) groups excluding carboxylic acids is 1. The molecule has 106 valence electrons. The van der Waals surface area contributed by atoms with E-state index in [9.17, 15) is 4.79 Å². The van der Waals surface area contributed by atoms with Crippen molar-refractivity contribution in [3.05, 3.63) is 0 Å². The smallest absolute Gasteiger partial charge is 0.237 e. The summed E-state index contributed by atoms with van der Waals surface area (Å²) in [5.41, 5.74) is 4.93. The van der Waals surface area contributed by atoms with Gasteiger partial charge in [0.15, 0.2) is 0 Å². The van der Waals surface area contributed by atoms with Crippen molar-refractivity contribution < 1.29 is 4.79 Å². The Morgan fingerprint density at radius 1 is 1.44 bits per heavy atom. The molecule has 3 N–H and O–H groups in total. The highest BCUT2D eigenvalue weighted by Crippen LogP contribution is 2.34. The zero-order chi connectivity index (χ0) is 13.9. The van der Waals surface area contributed by atoms with E-state index in [1.54, 1.807) is 0 Å². The van der Waals surface area contributed by atoms with Gasteiger partial charge in [-0.2, -0.15) is 0 Å². The Balaban J connectivity index is 2.48. The third kappa shape index (κ3) is 4.25. The second-order valence-corrected chi connectivity index (χ2v) is 6.30. The predicted molar refractivity (Wildman–Crippen MR) is 75.3 cm³/mol. The Bertz CT molecular complexity index is 289. The first-order chi connectivity index (χ1) is 8.26. The number of hydrogen-bond donors (Lipinski definition) is 2. The van der Waals surface area contributed by atoms with Gasteiger partial charge in [0, 0.05) is 18.6 Å². The number of nitrogens with zero attached hydrogens (tertiary/aromatic N) is 1. The van der Waals surface area contributed by atoms with Gasteiger partial charge in [-0.1, -0.05) is 0 Å². The summed E-state index contributed by atoms with van der Waals surface area (Å²) in [7, 11) is 2.14. The van der Waals surface area contributed by atoms with E-state index in [1.165, 1.54) is 12.8 Å². The van der Waals surface area contributed by atoms with Crippen LogP contribution in [0.2, 0.25) is 0 Å². The summed E-state index contributed by atoms with van der Waals surface area (Å²) in [6, 6.07) is 0.870. The first kappa shape index (κ1) is 15.4. The van der Waals surface area contributed by atoms with E-state index in [0.717, 1.165) is 18.9 Å². The molecule has 1 aliphatic rings. The van der Waals surface area contributed by atoms with Crippen LogP contribution in [-0.4, -0.2) is 42.0 Å². The summed E-state index contributed by atoms with van der Waals surface area (Å²) in [5, 5.41) is 3.29. The van der Waals surface area contributed by atoms with Gasteiger partial charge < -0.3 is 16.0 Å². The SMILES string of the molecule is CC(C)NC(C)(CCN(C)C(C)C1CC1)C(N)=O. The zero-order valence-electron chi connectivity index (χ0n) is 12.5.